The monoisotopic (exact) mass is 328 g/mol. The molecule has 0 saturated carbocycles. The van der Waals surface area contributed by atoms with E-state index in [1.807, 2.05) is 30.3 Å². The van der Waals surface area contributed by atoms with Gasteiger partial charge in [-0.05, 0) is 18.5 Å². The SMILES string of the molecule is O=C(N1CC(O)C1)C1(C(F)(F)F)CCN(Cc2ccccc2)C1. The molecule has 23 heavy (non-hydrogen) atoms. The number of aliphatic hydroxyl groups is 1. The first kappa shape index (κ1) is 16.3. The number of hydrogen-bond acceptors (Lipinski definition) is 3. The Kier molecular flexibility index (Phi) is 4.10. The first-order valence-electron chi connectivity index (χ1n) is 7.62. The zero-order valence-electron chi connectivity index (χ0n) is 12.6. The molecule has 2 aliphatic rings. The zero-order valence-corrected chi connectivity index (χ0v) is 12.6. The Labute approximate surface area is 132 Å². The molecule has 0 aliphatic carbocycles. The molecule has 2 heterocycles. The molecule has 0 radical (unpaired) electrons. The Morgan fingerprint density at radius 1 is 1.26 bits per heavy atom. The Hall–Kier alpha value is -1.60. The predicted octanol–water partition coefficient (Wildman–Crippen LogP) is 1.64. The molecule has 4 nitrogen and oxygen atoms in total. The van der Waals surface area contributed by atoms with Gasteiger partial charge in [-0.2, -0.15) is 13.2 Å². The topological polar surface area (TPSA) is 43.8 Å². The quantitative estimate of drug-likeness (QED) is 0.917. The van der Waals surface area contributed by atoms with Crippen molar-refractivity contribution in [3.05, 3.63) is 35.9 Å². The molecule has 1 aromatic carbocycles. The lowest BCUT2D eigenvalue weighted by molar-refractivity contribution is -0.227. The van der Waals surface area contributed by atoms with E-state index in [9.17, 15) is 23.1 Å². The summed E-state index contributed by atoms with van der Waals surface area (Å²) in [5.74, 6) is -0.897. The average Bonchev–Trinajstić information content (AvgIpc) is 2.89. The minimum Gasteiger partial charge on any atom is -0.389 e. The van der Waals surface area contributed by atoms with Crippen LogP contribution in [0.2, 0.25) is 0 Å². The number of rotatable bonds is 3. The van der Waals surface area contributed by atoms with Crippen molar-refractivity contribution in [2.75, 3.05) is 26.2 Å². The Morgan fingerprint density at radius 3 is 2.48 bits per heavy atom. The summed E-state index contributed by atoms with van der Waals surface area (Å²) in [6, 6.07) is 9.26. The van der Waals surface area contributed by atoms with Crippen LogP contribution in [0.5, 0.6) is 0 Å². The Morgan fingerprint density at radius 2 is 1.91 bits per heavy atom. The lowest BCUT2D eigenvalue weighted by Crippen LogP contribution is -2.61. The first-order chi connectivity index (χ1) is 10.8. The number of halogens is 3. The maximum absolute atomic E-state index is 13.7. The van der Waals surface area contributed by atoms with E-state index in [-0.39, 0.29) is 32.6 Å². The van der Waals surface area contributed by atoms with Crippen molar-refractivity contribution in [3.8, 4) is 0 Å². The van der Waals surface area contributed by atoms with E-state index >= 15 is 0 Å². The number of hydrogen-bond donors (Lipinski definition) is 1. The van der Waals surface area contributed by atoms with Crippen molar-refractivity contribution in [3.63, 3.8) is 0 Å². The summed E-state index contributed by atoms with van der Waals surface area (Å²) in [5.41, 5.74) is -1.42. The number of alkyl halides is 3. The summed E-state index contributed by atoms with van der Waals surface area (Å²) in [7, 11) is 0. The summed E-state index contributed by atoms with van der Waals surface area (Å²) in [4.78, 5) is 15.2. The van der Waals surface area contributed by atoms with Gasteiger partial charge in [0.25, 0.3) is 0 Å². The minimum absolute atomic E-state index is 0.00461. The second-order valence-electron chi connectivity index (χ2n) is 6.39. The molecule has 1 N–H and O–H groups in total. The van der Waals surface area contributed by atoms with Crippen LogP contribution < -0.4 is 0 Å². The highest BCUT2D eigenvalue weighted by molar-refractivity contribution is 5.85. The maximum Gasteiger partial charge on any atom is 0.404 e. The van der Waals surface area contributed by atoms with E-state index in [1.54, 1.807) is 4.90 Å². The van der Waals surface area contributed by atoms with Gasteiger partial charge in [-0.25, -0.2) is 0 Å². The standard InChI is InChI=1S/C16H19F3N2O2/c17-16(18,19)15(14(23)21-9-13(22)10-21)6-7-20(11-15)8-12-4-2-1-3-5-12/h1-5,13,22H,6-11H2. The van der Waals surface area contributed by atoms with E-state index in [4.69, 9.17) is 0 Å². The smallest absolute Gasteiger partial charge is 0.389 e. The van der Waals surface area contributed by atoms with Gasteiger partial charge in [-0.15, -0.1) is 0 Å². The van der Waals surface area contributed by atoms with Gasteiger partial charge in [0, 0.05) is 26.2 Å². The number of amides is 1. The Balaban J connectivity index is 1.75. The van der Waals surface area contributed by atoms with Gasteiger partial charge in [-0.1, -0.05) is 30.3 Å². The highest BCUT2D eigenvalue weighted by Crippen LogP contribution is 2.47. The molecule has 2 aliphatic heterocycles. The third-order valence-corrected chi connectivity index (χ3v) is 4.70. The van der Waals surface area contributed by atoms with E-state index in [2.05, 4.69) is 0 Å². The van der Waals surface area contributed by atoms with Crippen LogP contribution >= 0.6 is 0 Å². The molecule has 3 rings (SSSR count). The number of aliphatic hydroxyl groups excluding tert-OH is 1. The second kappa shape index (κ2) is 5.79. The summed E-state index contributed by atoms with van der Waals surface area (Å²) in [5, 5.41) is 9.26. The Bertz CT molecular complexity index is 572. The molecule has 2 fully saturated rings. The van der Waals surface area contributed by atoms with Crippen molar-refractivity contribution in [2.24, 2.45) is 5.41 Å². The number of carbonyl (C=O) groups excluding carboxylic acids is 1. The summed E-state index contributed by atoms with van der Waals surface area (Å²) < 4.78 is 41.0. The van der Waals surface area contributed by atoms with Crippen LogP contribution in [0.3, 0.4) is 0 Å². The molecule has 0 aromatic heterocycles. The third-order valence-electron chi connectivity index (χ3n) is 4.70. The van der Waals surface area contributed by atoms with Gasteiger partial charge in [0.2, 0.25) is 5.91 Å². The van der Waals surface area contributed by atoms with Crippen LogP contribution in [0.4, 0.5) is 13.2 Å². The maximum atomic E-state index is 13.7. The number of β-amino-alcohol motifs (C(OH)–C–C–N with tert-alkyl or cyclic N) is 1. The molecule has 1 aromatic rings. The number of nitrogens with zero attached hydrogens (tertiary/aromatic N) is 2. The molecule has 2 saturated heterocycles. The minimum atomic E-state index is -4.59. The van der Waals surface area contributed by atoms with Crippen molar-refractivity contribution < 1.29 is 23.1 Å². The second-order valence-corrected chi connectivity index (χ2v) is 6.39. The molecule has 1 amide bonds. The van der Waals surface area contributed by atoms with Gasteiger partial charge >= 0.3 is 6.18 Å². The molecule has 126 valence electrons. The molecule has 1 atom stereocenters. The van der Waals surface area contributed by atoms with Gasteiger partial charge in [-0.3, -0.25) is 9.69 Å². The molecule has 0 spiro atoms. The first-order valence-corrected chi connectivity index (χ1v) is 7.62. The highest BCUT2D eigenvalue weighted by Gasteiger charge is 2.64. The van der Waals surface area contributed by atoms with Crippen molar-refractivity contribution in [1.82, 2.24) is 9.80 Å². The van der Waals surface area contributed by atoms with Gasteiger partial charge in [0.1, 0.15) is 0 Å². The fourth-order valence-electron chi connectivity index (χ4n) is 3.32. The van der Waals surface area contributed by atoms with E-state index in [1.165, 1.54) is 0 Å². The van der Waals surface area contributed by atoms with Gasteiger partial charge in [0.15, 0.2) is 5.41 Å². The van der Waals surface area contributed by atoms with Crippen molar-refractivity contribution in [1.29, 1.82) is 0 Å². The van der Waals surface area contributed by atoms with E-state index in [0.717, 1.165) is 10.5 Å². The lowest BCUT2D eigenvalue weighted by Gasteiger charge is -2.42. The van der Waals surface area contributed by atoms with Gasteiger partial charge < -0.3 is 10.0 Å². The van der Waals surface area contributed by atoms with Crippen LogP contribution in [-0.2, 0) is 11.3 Å². The fourth-order valence-corrected chi connectivity index (χ4v) is 3.32. The zero-order chi connectivity index (χ0) is 16.7. The normalized spacial score (nSPS) is 26.3. The third kappa shape index (κ3) is 2.95. The highest BCUT2D eigenvalue weighted by atomic mass is 19.4. The van der Waals surface area contributed by atoms with E-state index < -0.39 is 23.6 Å². The van der Waals surface area contributed by atoms with Crippen LogP contribution in [0.25, 0.3) is 0 Å². The van der Waals surface area contributed by atoms with Gasteiger partial charge in [0.05, 0.1) is 6.10 Å². The predicted molar refractivity (Wildman–Crippen MR) is 77.4 cm³/mol. The summed E-state index contributed by atoms with van der Waals surface area (Å²) in [6.07, 6.45) is -5.52. The lowest BCUT2D eigenvalue weighted by atomic mass is 9.83. The summed E-state index contributed by atoms with van der Waals surface area (Å²) >= 11 is 0. The molecule has 1 unspecified atom stereocenters. The van der Waals surface area contributed by atoms with Crippen LogP contribution in [0.1, 0.15) is 12.0 Å². The molecule has 0 bridgehead atoms. The molecular weight excluding hydrogens is 309 g/mol. The number of likely N-dealkylation sites (tertiary alicyclic amines) is 2. The van der Waals surface area contributed by atoms with E-state index in [0.29, 0.717) is 6.54 Å². The average molecular weight is 328 g/mol. The van der Waals surface area contributed by atoms with Crippen LogP contribution in [0, 0.1) is 5.41 Å². The van der Waals surface area contributed by atoms with Crippen LogP contribution in [0.15, 0.2) is 30.3 Å². The van der Waals surface area contributed by atoms with Crippen molar-refractivity contribution >= 4 is 5.91 Å². The van der Waals surface area contributed by atoms with Crippen LogP contribution in [-0.4, -0.2) is 59.3 Å². The largest absolute Gasteiger partial charge is 0.404 e. The van der Waals surface area contributed by atoms with Crippen molar-refractivity contribution in [2.45, 2.75) is 25.2 Å². The fraction of sp³-hybridized carbons (Fsp3) is 0.562. The number of carbonyl (C=O) groups is 1. The summed E-state index contributed by atoms with van der Waals surface area (Å²) in [6.45, 7) is 0.298. The number of benzene rings is 1. The molecule has 7 heteroatoms. The molecular formula is C16H19F3N2O2.